The average Bonchev–Trinajstić information content (AvgIpc) is 2.91. The lowest BCUT2D eigenvalue weighted by Gasteiger charge is -2.32. The van der Waals surface area contributed by atoms with E-state index < -0.39 is 16.1 Å². The van der Waals surface area contributed by atoms with E-state index in [1.165, 1.54) is 10.6 Å². The van der Waals surface area contributed by atoms with Crippen LogP contribution >= 0.6 is 15.9 Å². The molecule has 1 atom stereocenters. The van der Waals surface area contributed by atoms with Crippen LogP contribution in [0.4, 0.5) is 5.69 Å². The molecule has 3 aromatic carbocycles. The summed E-state index contributed by atoms with van der Waals surface area (Å²) in [7, 11) is -3.57. The van der Waals surface area contributed by atoms with Crippen molar-refractivity contribution >= 4 is 43.5 Å². The topological polar surface area (TPSA) is 86.8 Å². The van der Waals surface area contributed by atoms with Gasteiger partial charge in [0.2, 0.25) is 21.8 Å². The van der Waals surface area contributed by atoms with Crippen LogP contribution in [0.5, 0.6) is 0 Å². The molecule has 41 heavy (non-hydrogen) atoms. The summed E-state index contributed by atoms with van der Waals surface area (Å²) in [6, 6.07) is 22.1. The van der Waals surface area contributed by atoms with Gasteiger partial charge in [0.1, 0.15) is 6.04 Å². The molecule has 0 aromatic heterocycles. The van der Waals surface area contributed by atoms with Crippen molar-refractivity contribution in [2.24, 2.45) is 0 Å². The van der Waals surface area contributed by atoms with Gasteiger partial charge in [-0.2, -0.15) is 0 Å². The number of hydrogen-bond donors (Lipinski definition) is 1. The Morgan fingerprint density at radius 2 is 1.56 bits per heavy atom. The maximum absolute atomic E-state index is 13.9. The maximum atomic E-state index is 13.9. The van der Waals surface area contributed by atoms with Gasteiger partial charge in [-0.3, -0.25) is 13.9 Å². The molecular weight excluding hydrogens is 602 g/mol. The van der Waals surface area contributed by atoms with E-state index in [-0.39, 0.29) is 37.4 Å². The van der Waals surface area contributed by atoms with Gasteiger partial charge in [-0.05, 0) is 74.6 Å². The molecule has 0 radical (unpaired) electrons. The van der Waals surface area contributed by atoms with Crippen molar-refractivity contribution < 1.29 is 18.0 Å². The molecule has 1 N–H and O–H groups in total. The molecule has 0 aliphatic heterocycles. The number of halogens is 1. The predicted molar refractivity (Wildman–Crippen MR) is 169 cm³/mol. The number of rotatable bonds is 13. The molecule has 2 amide bonds. The van der Waals surface area contributed by atoms with Gasteiger partial charge < -0.3 is 10.2 Å². The van der Waals surface area contributed by atoms with Crippen molar-refractivity contribution in [2.75, 3.05) is 17.1 Å². The van der Waals surface area contributed by atoms with E-state index in [4.69, 9.17) is 0 Å². The Bertz CT molecular complexity index is 1430. The second-order valence-corrected chi connectivity index (χ2v) is 13.5. The summed E-state index contributed by atoms with van der Waals surface area (Å²) in [6.45, 7) is 8.04. The van der Waals surface area contributed by atoms with E-state index in [0.29, 0.717) is 18.5 Å². The number of anilines is 1. The fourth-order valence-electron chi connectivity index (χ4n) is 4.71. The standard InChI is InChI=1S/C32H40BrN3O4S/c1-23(2)34-32(38)30(21-26-12-7-6-8-13-26)35(22-27-16-18-28(33)19-17-27)31(37)15-10-20-36(41(5,39)40)29-14-9-11-24(3)25(29)4/h6-9,11-14,16-19,23,30H,10,15,20-22H2,1-5H3,(H,34,38). The van der Waals surface area contributed by atoms with Gasteiger partial charge in [-0.1, -0.05) is 70.5 Å². The predicted octanol–water partition coefficient (Wildman–Crippen LogP) is 5.78. The fourth-order valence-corrected chi connectivity index (χ4v) is 5.99. The number of sulfonamides is 1. The third-order valence-corrected chi connectivity index (χ3v) is 8.67. The molecule has 3 aromatic rings. The molecule has 0 aliphatic carbocycles. The van der Waals surface area contributed by atoms with Crippen molar-refractivity contribution in [3.05, 3.63) is 99.5 Å². The zero-order valence-electron chi connectivity index (χ0n) is 24.4. The fraction of sp³-hybridized carbons (Fsp3) is 0.375. The van der Waals surface area contributed by atoms with Gasteiger partial charge >= 0.3 is 0 Å². The highest BCUT2D eigenvalue weighted by molar-refractivity contribution is 9.10. The van der Waals surface area contributed by atoms with Crippen LogP contribution in [0.15, 0.2) is 77.3 Å². The summed E-state index contributed by atoms with van der Waals surface area (Å²) >= 11 is 3.46. The Labute approximate surface area is 253 Å². The number of nitrogens with zero attached hydrogens (tertiary/aromatic N) is 2. The van der Waals surface area contributed by atoms with Gasteiger partial charge in [0.05, 0.1) is 11.9 Å². The van der Waals surface area contributed by atoms with E-state index in [0.717, 1.165) is 26.7 Å². The Morgan fingerprint density at radius 1 is 0.902 bits per heavy atom. The second kappa shape index (κ2) is 14.6. The Balaban J connectivity index is 1.89. The molecule has 0 saturated heterocycles. The minimum absolute atomic E-state index is 0.0909. The second-order valence-electron chi connectivity index (χ2n) is 10.7. The lowest BCUT2D eigenvalue weighted by Crippen LogP contribution is -2.51. The van der Waals surface area contributed by atoms with Gasteiger partial charge in [0.15, 0.2) is 0 Å². The SMILES string of the molecule is Cc1cccc(N(CCCC(=O)N(Cc2ccc(Br)cc2)C(Cc2ccccc2)C(=O)NC(C)C)S(C)(=O)=O)c1C. The number of carbonyl (C=O) groups excluding carboxylic acids is 2. The van der Waals surface area contributed by atoms with Crippen LogP contribution in [0.2, 0.25) is 0 Å². The lowest BCUT2D eigenvalue weighted by molar-refractivity contribution is -0.141. The van der Waals surface area contributed by atoms with Crippen molar-refractivity contribution in [3.63, 3.8) is 0 Å². The van der Waals surface area contributed by atoms with Gasteiger partial charge in [-0.25, -0.2) is 8.42 Å². The number of hydrogen-bond acceptors (Lipinski definition) is 4. The Kier molecular flexibility index (Phi) is 11.5. The zero-order chi connectivity index (χ0) is 30.2. The maximum Gasteiger partial charge on any atom is 0.243 e. The molecule has 0 saturated carbocycles. The average molecular weight is 643 g/mol. The van der Waals surface area contributed by atoms with Crippen LogP contribution in [-0.2, 0) is 32.6 Å². The van der Waals surface area contributed by atoms with Crippen LogP contribution in [-0.4, -0.2) is 50.0 Å². The monoisotopic (exact) mass is 641 g/mol. The summed E-state index contributed by atoms with van der Waals surface area (Å²) < 4.78 is 27.8. The summed E-state index contributed by atoms with van der Waals surface area (Å²) in [5, 5.41) is 2.99. The van der Waals surface area contributed by atoms with E-state index in [1.807, 2.05) is 94.4 Å². The first-order chi connectivity index (χ1) is 19.4. The first kappa shape index (κ1) is 32.3. The van der Waals surface area contributed by atoms with Crippen LogP contribution < -0.4 is 9.62 Å². The number of nitrogens with one attached hydrogen (secondary N) is 1. The number of benzene rings is 3. The Morgan fingerprint density at radius 3 is 2.17 bits per heavy atom. The van der Waals surface area contributed by atoms with Crippen molar-refractivity contribution in [1.82, 2.24) is 10.2 Å². The molecule has 0 bridgehead atoms. The molecule has 9 heteroatoms. The zero-order valence-corrected chi connectivity index (χ0v) is 26.8. The third kappa shape index (κ3) is 9.43. The van der Waals surface area contributed by atoms with E-state index in [9.17, 15) is 18.0 Å². The Hall–Kier alpha value is -3.17. The highest BCUT2D eigenvalue weighted by Crippen LogP contribution is 2.26. The van der Waals surface area contributed by atoms with Crippen molar-refractivity contribution in [2.45, 2.75) is 65.6 Å². The number of aryl methyl sites for hydroxylation is 1. The minimum Gasteiger partial charge on any atom is -0.352 e. The first-order valence-corrected chi connectivity index (χ1v) is 16.4. The van der Waals surface area contributed by atoms with Gasteiger partial charge in [0.25, 0.3) is 0 Å². The highest BCUT2D eigenvalue weighted by atomic mass is 79.9. The van der Waals surface area contributed by atoms with Crippen LogP contribution in [0, 0.1) is 13.8 Å². The summed E-state index contributed by atoms with van der Waals surface area (Å²) in [4.78, 5) is 29.0. The summed E-state index contributed by atoms with van der Waals surface area (Å²) in [5.74, 6) is -0.426. The highest BCUT2D eigenvalue weighted by Gasteiger charge is 2.31. The molecule has 1 unspecified atom stereocenters. The largest absolute Gasteiger partial charge is 0.352 e. The quantitative estimate of drug-likeness (QED) is 0.256. The van der Waals surface area contributed by atoms with Crippen molar-refractivity contribution in [1.29, 1.82) is 0 Å². The molecular formula is C32H40BrN3O4S. The molecule has 3 rings (SSSR count). The number of amides is 2. The first-order valence-electron chi connectivity index (χ1n) is 13.8. The molecule has 220 valence electrons. The van der Waals surface area contributed by atoms with Gasteiger partial charge in [-0.15, -0.1) is 0 Å². The smallest absolute Gasteiger partial charge is 0.243 e. The molecule has 0 aliphatic rings. The third-order valence-electron chi connectivity index (χ3n) is 6.97. The molecule has 0 fully saturated rings. The molecule has 7 nitrogen and oxygen atoms in total. The van der Waals surface area contributed by atoms with Crippen LogP contribution in [0.25, 0.3) is 0 Å². The minimum atomic E-state index is -3.57. The van der Waals surface area contributed by atoms with Crippen LogP contribution in [0.3, 0.4) is 0 Å². The van der Waals surface area contributed by atoms with E-state index in [1.54, 1.807) is 11.0 Å². The molecule has 0 heterocycles. The summed E-state index contributed by atoms with van der Waals surface area (Å²) in [6.07, 6.45) is 1.94. The van der Waals surface area contributed by atoms with E-state index in [2.05, 4.69) is 21.2 Å². The van der Waals surface area contributed by atoms with E-state index >= 15 is 0 Å². The van der Waals surface area contributed by atoms with Gasteiger partial charge in [0, 0.05) is 36.4 Å². The number of carbonyl (C=O) groups is 2. The van der Waals surface area contributed by atoms with Crippen LogP contribution in [0.1, 0.15) is 48.9 Å². The lowest BCUT2D eigenvalue weighted by atomic mass is 10.0. The normalized spacial score (nSPS) is 12.2. The molecule has 0 spiro atoms. The van der Waals surface area contributed by atoms with Crippen molar-refractivity contribution in [3.8, 4) is 0 Å². The summed E-state index contributed by atoms with van der Waals surface area (Å²) in [5.41, 5.74) is 4.33.